The van der Waals surface area contributed by atoms with Crippen molar-refractivity contribution in [1.29, 1.82) is 0 Å². The Morgan fingerprint density at radius 1 is 1.22 bits per heavy atom. The Balaban J connectivity index is 2.04. The van der Waals surface area contributed by atoms with E-state index in [-0.39, 0.29) is 6.54 Å². The number of nitrogens with zero attached hydrogens (tertiary/aromatic N) is 2. The highest BCUT2D eigenvalue weighted by molar-refractivity contribution is 7.92. The minimum atomic E-state index is -3.52. The lowest BCUT2D eigenvalue weighted by Gasteiger charge is -2.22. The fraction of sp³-hybridized carbons (Fsp3) is 0.263. The van der Waals surface area contributed by atoms with E-state index in [1.165, 1.54) is 23.2 Å². The molecule has 0 saturated carbocycles. The number of ether oxygens (including phenoxy) is 1. The third kappa shape index (κ3) is 4.28. The molecule has 0 fully saturated rings. The van der Waals surface area contributed by atoms with E-state index >= 15 is 0 Å². The van der Waals surface area contributed by atoms with Crippen LogP contribution in [0.25, 0.3) is 10.2 Å². The molecule has 0 saturated heterocycles. The Kier molecular flexibility index (Phi) is 5.48. The fourth-order valence-electron chi connectivity index (χ4n) is 2.54. The van der Waals surface area contributed by atoms with Crippen molar-refractivity contribution in [3.63, 3.8) is 0 Å². The Morgan fingerprint density at radius 3 is 2.56 bits per heavy atom. The third-order valence-corrected chi connectivity index (χ3v) is 6.78. The van der Waals surface area contributed by atoms with Gasteiger partial charge in [-0.1, -0.05) is 41.7 Å². The molecule has 0 spiro atoms. The first kappa shape index (κ1) is 19.3. The minimum Gasteiger partial charge on any atom is -0.497 e. The lowest BCUT2D eigenvalue weighted by Crippen LogP contribution is -2.41. The molecule has 0 bridgehead atoms. The van der Waals surface area contributed by atoms with Crippen LogP contribution in [0.5, 0.6) is 5.75 Å². The SMILES string of the molecule is COc1ccc2nc(N(Cc3ccccc3)C(=O)C(C)S(C)(=O)=O)sc2c1. The average Bonchev–Trinajstić information content (AvgIpc) is 3.07. The maximum absolute atomic E-state index is 13.0. The van der Waals surface area contributed by atoms with Crippen molar-refractivity contribution in [1.82, 2.24) is 4.98 Å². The van der Waals surface area contributed by atoms with Crippen LogP contribution in [0.1, 0.15) is 12.5 Å². The molecule has 8 heteroatoms. The number of sulfone groups is 1. The number of methoxy groups -OCH3 is 1. The van der Waals surface area contributed by atoms with Crippen molar-refractivity contribution in [2.24, 2.45) is 0 Å². The number of thiazole rings is 1. The van der Waals surface area contributed by atoms with E-state index < -0.39 is 21.0 Å². The number of carbonyl (C=O) groups excluding carboxylic acids is 1. The van der Waals surface area contributed by atoms with Gasteiger partial charge < -0.3 is 4.74 Å². The van der Waals surface area contributed by atoms with Crippen molar-refractivity contribution in [2.45, 2.75) is 18.7 Å². The van der Waals surface area contributed by atoms with Crippen LogP contribution in [-0.4, -0.2) is 37.9 Å². The van der Waals surface area contributed by atoms with Crippen molar-refractivity contribution < 1.29 is 17.9 Å². The van der Waals surface area contributed by atoms with Crippen LogP contribution in [0.4, 0.5) is 5.13 Å². The summed E-state index contributed by atoms with van der Waals surface area (Å²) in [4.78, 5) is 19.0. The number of hydrogen-bond donors (Lipinski definition) is 0. The zero-order chi connectivity index (χ0) is 19.6. The smallest absolute Gasteiger partial charge is 0.247 e. The van der Waals surface area contributed by atoms with Crippen LogP contribution in [0.2, 0.25) is 0 Å². The molecule has 0 N–H and O–H groups in total. The summed E-state index contributed by atoms with van der Waals surface area (Å²) < 4.78 is 30.0. The second-order valence-corrected chi connectivity index (χ2v) is 9.59. The van der Waals surface area contributed by atoms with E-state index in [0.717, 1.165) is 22.0 Å². The Labute approximate surface area is 162 Å². The molecule has 1 aromatic heterocycles. The van der Waals surface area contributed by atoms with E-state index in [2.05, 4.69) is 4.98 Å². The van der Waals surface area contributed by atoms with E-state index in [4.69, 9.17) is 4.74 Å². The number of carbonyl (C=O) groups is 1. The van der Waals surface area contributed by atoms with Crippen LogP contribution in [0.15, 0.2) is 48.5 Å². The van der Waals surface area contributed by atoms with Crippen LogP contribution < -0.4 is 9.64 Å². The molecule has 142 valence electrons. The topological polar surface area (TPSA) is 76.6 Å². The number of anilines is 1. The molecule has 0 aliphatic heterocycles. The second-order valence-electron chi connectivity index (χ2n) is 6.21. The standard InChI is InChI=1S/C19H20N2O4S2/c1-13(27(3,23)24)18(22)21(12-14-7-5-4-6-8-14)19-20-16-10-9-15(25-2)11-17(16)26-19/h4-11,13H,12H2,1-3H3. The van der Waals surface area contributed by atoms with Crippen molar-refractivity contribution in [2.75, 3.05) is 18.3 Å². The molecule has 1 atom stereocenters. The Hall–Kier alpha value is -2.45. The quantitative estimate of drug-likeness (QED) is 0.630. The van der Waals surface area contributed by atoms with Crippen LogP contribution in [0, 0.1) is 0 Å². The highest BCUT2D eigenvalue weighted by atomic mass is 32.2. The molecule has 0 aliphatic rings. The molecule has 6 nitrogen and oxygen atoms in total. The van der Waals surface area contributed by atoms with Gasteiger partial charge in [-0.2, -0.15) is 0 Å². The molecule has 27 heavy (non-hydrogen) atoms. The van der Waals surface area contributed by atoms with E-state index in [1.807, 2.05) is 42.5 Å². The molecule has 0 aliphatic carbocycles. The number of aromatic nitrogens is 1. The van der Waals surface area contributed by atoms with Crippen LogP contribution >= 0.6 is 11.3 Å². The number of benzene rings is 2. The molecule has 1 heterocycles. The largest absolute Gasteiger partial charge is 0.497 e. The van der Waals surface area contributed by atoms with Gasteiger partial charge in [0.25, 0.3) is 0 Å². The number of hydrogen-bond acceptors (Lipinski definition) is 6. The average molecular weight is 405 g/mol. The molecular weight excluding hydrogens is 384 g/mol. The molecule has 1 amide bonds. The van der Waals surface area contributed by atoms with Crippen LogP contribution in [-0.2, 0) is 21.2 Å². The predicted molar refractivity (Wildman–Crippen MR) is 108 cm³/mol. The van der Waals surface area contributed by atoms with Gasteiger partial charge in [-0.15, -0.1) is 0 Å². The van der Waals surface area contributed by atoms with Gasteiger partial charge in [0.1, 0.15) is 11.0 Å². The van der Waals surface area contributed by atoms with Gasteiger partial charge in [0.05, 0.1) is 23.9 Å². The summed E-state index contributed by atoms with van der Waals surface area (Å²) in [6, 6.07) is 14.9. The molecule has 0 radical (unpaired) electrons. The van der Waals surface area contributed by atoms with Gasteiger partial charge in [-0.3, -0.25) is 9.69 Å². The second kappa shape index (κ2) is 7.66. The van der Waals surface area contributed by atoms with Gasteiger partial charge >= 0.3 is 0 Å². The summed E-state index contributed by atoms with van der Waals surface area (Å²) in [5, 5.41) is -0.689. The third-order valence-electron chi connectivity index (χ3n) is 4.25. The monoisotopic (exact) mass is 404 g/mol. The summed E-state index contributed by atoms with van der Waals surface area (Å²) in [6.07, 6.45) is 1.07. The molecule has 3 aromatic rings. The first-order chi connectivity index (χ1) is 12.8. The van der Waals surface area contributed by atoms with E-state index in [9.17, 15) is 13.2 Å². The number of rotatable bonds is 6. The Bertz CT molecular complexity index is 1060. The van der Waals surface area contributed by atoms with Crippen molar-refractivity contribution in [3.05, 3.63) is 54.1 Å². The fourth-order valence-corrected chi connectivity index (χ4v) is 4.04. The van der Waals surface area contributed by atoms with Gasteiger partial charge in [0.15, 0.2) is 15.0 Å². The van der Waals surface area contributed by atoms with E-state index in [1.54, 1.807) is 13.2 Å². The highest BCUT2D eigenvalue weighted by Crippen LogP contribution is 2.32. The first-order valence-electron chi connectivity index (χ1n) is 8.28. The summed E-state index contributed by atoms with van der Waals surface area (Å²) in [5.41, 5.74) is 1.62. The molecular formula is C19H20N2O4S2. The maximum Gasteiger partial charge on any atom is 0.247 e. The number of fused-ring (bicyclic) bond motifs is 1. The molecule has 3 rings (SSSR count). The first-order valence-corrected chi connectivity index (χ1v) is 11.1. The highest BCUT2D eigenvalue weighted by Gasteiger charge is 2.31. The summed E-state index contributed by atoms with van der Waals surface area (Å²) in [6.45, 7) is 1.66. The zero-order valence-electron chi connectivity index (χ0n) is 15.2. The maximum atomic E-state index is 13.0. The normalized spacial score (nSPS) is 12.7. The minimum absolute atomic E-state index is 0.247. The zero-order valence-corrected chi connectivity index (χ0v) is 16.9. The lowest BCUT2D eigenvalue weighted by molar-refractivity contribution is -0.118. The van der Waals surface area contributed by atoms with Gasteiger partial charge in [-0.25, -0.2) is 13.4 Å². The lowest BCUT2D eigenvalue weighted by atomic mass is 10.2. The van der Waals surface area contributed by atoms with Gasteiger partial charge in [0.2, 0.25) is 5.91 Å². The summed E-state index contributed by atoms with van der Waals surface area (Å²) in [7, 11) is -1.94. The van der Waals surface area contributed by atoms with Gasteiger partial charge in [0, 0.05) is 6.26 Å². The van der Waals surface area contributed by atoms with Crippen molar-refractivity contribution >= 4 is 42.4 Å². The van der Waals surface area contributed by atoms with Gasteiger partial charge in [-0.05, 0) is 30.7 Å². The molecule has 1 unspecified atom stereocenters. The predicted octanol–water partition coefficient (Wildman–Crippen LogP) is 3.27. The van der Waals surface area contributed by atoms with Crippen molar-refractivity contribution in [3.8, 4) is 5.75 Å². The number of amides is 1. The summed E-state index contributed by atoms with van der Waals surface area (Å²) in [5.74, 6) is 0.204. The molecule has 2 aromatic carbocycles. The Morgan fingerprint density at radius 2 is 1.93 bits per heavy atom. The van der Waals surface area contributed by atoms with E-state index in [0.29, 0.717) is 10.9 Å². The van der Waals surface area contributed by atoms with Crippen LogP contribution in [0.3, 0.4) is 0 Å². The summed E-state index contributed by atoms with van der Waals surface area (Å²) >= 11 is 1.33.